The van der Waals surface area contributed by atoms with Crippen LogP contribution in [0.15, 0.2) is 11.8 Å². The quantitative estimate of drug-likeness (QED) is 0.409. The van der Waals surface area contributed by atoms with Gasteiger partial charge in [0.2, 0.25) is 0 Å². The Morgan fingerprint density at radius 2 is 2.10 bits per heavy atom. The summed E-state index contributed by atoms with van der Waals surface area (Å²) in [5.41, 5.74) is 0.855. The van der Waals surface area contributed by atoms with Crippen molar-refractivity contribution in [3.63, 3.8) is 0 Å². The van der Waals surface area contributed by atoms with Gasteiger partial charge in [0.25, 0.3) is 0 Å². The molecule has 1 aliphatic rings. The van der Waals surface area contributed by atoms with E-state index in [1.807, 2.05) is 0 Å². The van der Waals surface area contributed by atoms with Crippen molar-refractivity contribution in [1.29, 1.82) is 0 Å². The molecule has 1 rings (SSSR count). The summed E-state index contributed by atoms with van der Waals surface area (Å²) in [5.74, 6) is 0.258. The van der Waals surface area contributed by atoms with Gasteiger partial charge in [-0.05, 0) is 19.3 Å². The summed E-state index contributed by atoms with van der Waals surface area (Å²) >= 11 is 0. The number of rotatable bonds is 1. The molecule has 0 amide bonds. The third kappa shape index (κ3) is 1.59. The maximum absolute atomic E-state index is 11.0. The normalized spacial score (nSPS) is 23.3. The topological polar surface area (TPSA) is 26.3 Å². The molecular formula is C8H12O2. The van der Waals surface area contributed by atoms with Crippen LogP contribution in [0.1, 0.15) is 25.7 Å². The summed E-state index contributed by atoms with van der Waals surface area (Å²) in [7, 11) is 1.58. The molecule has 0 heterocycles. The van der Waals surface area contributed by atoms with Gasteiger partial charge in [-0.15, -0.1) is 0 Å². The molecule has 0 bridgehead atoms. The van der Waals surface area contributed by atoms with Crippen LogP contribution < -0.4 is 0 Å². The first-order valence-electron chi connectivity index (χ1n) is 3.59. The smallest absolute Gasteiger partial charge is 0.161 e. The number of Topliss-reactive ketones (excluding diaryl/α,β-unsaturated/α-hetero) is 1. The summed E-state index contributed by atoms with van der Waals surface area (Å²) in [6.45, 7) is 0. The average molecular weight is 140 g/mol. The van der Waals surface area contributed by atoms with Gasteiger partial charge in [0.1, 0.15) is 0 Å². The highest BCUT2D eigenvalue weighted by Gasteiger charge is 2.14. The molecule has 1 fully saturated rings. The first-order chi connectivity index (χ1) is 4.84. The number of methoxy groups -OCH3 is 1. The Morgan fingerprint density at radius 1 is 1.40 bits per heavy atom. The molecule has 2 heteroatoms. The standard InChI is InChI=1S/C8H12O2/c1-10-6-7-4-2-3-5-8(7)9/h6H,2-5H2,1H3. The monoisotopic (exact) mass is 140 g/mol. The van der Waals surface area contributed by atoms with E-state index in [4.69, 9.17) is 4.74 Å². The van der Waals surface area contributed by atoms with Crippen LogP contribution in [-0.2, 0) is 9.53 Å². The minimum absolute atomic E-state index is 0.258. The molecule has 0 aliphatic heterocycles. The molecular weight excluding hydrogens is 128 g/mol. The SMILES string of the molecule is COC=C1CCCCC1=O. The maximum Gasteiger partial charge on any atom is 0.161 e. The largest absolute Gasteiger partial charge is 0.504 e. The number of hydrogen-bond acceptors (Lipinski definition) is 2. The molecule has 10 heavy (non-hydrogen) atoms. The maximum atomic E-state index is 11.0. The third-order valence-corrected chi connectivity index (χ3v) is 1.72. The molecule has 0 radical (unpaired) electrons. The highest BCUT2D eigenvalue weighted by atomic mass is 16.5. The first kappa shape index (κ1) is 7.32. The first-order valence-corrected chi connectivity index (χ1v) is 3.59. The van der Waals surface area contributed by atoms with Crippen LogP contribution in [0, 0.1) is 0 Å². The van der Waals surface area contributed by atoms with E-state index in [0.29, 0.717) is 6.42 Å². The minimum Gasteiger partial charge on any atom is -0.504 e. The molecule has 0 spiro atoms. The molecule has 2 nitrogen and oxygen atoms in total. The molecule has 0 aromatic rings. The van der Waals surface area contributed by atoms with Crippen LogP contribution in [0.5, 0.6) is 0 Å². The van der Waals surface area contributed by atoms with Crippen LogP contribution in [-0.4, -0.2) is 12.9 Å². The van der Waals surface area contributed by atoms with Crippen molar-refractivity contribution in [3.05, 3.63) is 11.8 Å². The Labute approximate surface area is 60.9 Å². The minimum atomic E-state index is 0.258. The average Bonchev–Trinajstić information content (AvgIpc) is 1.94. The highest BCUT2D eigenvalue weighted by Crippen LogP contribution is 2.19. The van der Waals surface area contributed by atoms with E-state index >= 15 is 0 Å². The molecule has 1 aliphatic carbocycles. The van der Waals surface area contributed by atoms with Gasteiger partial charge < -0.3 is 4.74 Å². The van der Waals surface area contributed by atoms with Crippen LogP contribution in [0.3, 0.4) is 0 Å². The predicted molar refractivity (Wildman–Crippen MR) is 38.6 cm³/mol. The number of ether oxygens (including phenoxy) is 1. The lowest BCUT2D eigenvalue weighted by molar-refractivity contribution is -0.116. The van der Waals surface area contributed by atoms with Gasteiger partial charge in [0.05, 0.1) is 13.4 Å². The van der Waals surface area contributed by atoms with Gasteiger partial charge in [-0.3, -0.25) is 4.79 Å². The van der Waals surface area contributed by atoms with Gasteiger partial charge in [-0.25, -0.2) is 0 Å². The van der Waals surface area contributed by atoms with Gasteiger partial charge in [-0.1, -0.05) is 0 Å². The van der Waals surface area contributed by atoms with Crippen molar-refractivity contribution in [2.75, 3.05) is 7.11 Å². The molecule has 0 aromatic carbocycles. The van der Waals surface area contributed by atoms with E-state index < -0.39 is 0 Å². The van der Waals surface area contributed by atoms with E-state index in [0.717, 1.165) is 24.8 Å². The van der Waals surface area contributed by atoms with E-state index in [1.165, 1.54) is 0 Å². The fraction of sp³-hybridized carbons (Fsp3) is 0.625. The van der Waals surface area contributed by atoms with Gasteiger partial charge in [0, 0.05) is 12.0 Å². The lowest BCUT2D eigenvalue weighted by Gasteiger charge is -2.10. The van der Waals surface area contributed by atoms with Crippen LogP contribution in [0.4, 0.5) is 0 Å². The summed E-state index contributed by atoms with van der Waals surface area (Å²) in [4.78, 5) is 11.0. The number of allylic oxidation sites excluding steroid dienone is 1. The summed E-state index contributed by atoms with van der Waals surface area (Å²) in [6, 6.07) is 0. The van der Waals surface area contributed by atoms with Gasteiger partial charge in [0.15, 0.2) is 5.78 Å². The Hall–Kier alpha value is -0.790. The number of carbonyl (C=O) groups is 1. The van der Waals surface area contributed by atoms with Gasteiger partial charge >= 0.3 is 0 Å². The highest BCUT2D eigenvalue weighted by molar-refractivity contribution is 5.95. The summed E-state index contributed by atoms with van der Waals surface area (Å²) in [6.07, 6.45) is 5.34. The van der Waals surface area contributed by atoms with Crippen molar-refractivity contribution >= 4 is 5.78 Å². The van der Waals surface area contributed by atoms with E-state index in [2.05, 4.69) is 0 Å². The lowest BCUT2D eigenvalue weighted by Crippen LogP contribution is -2.08. The van der Waals surface area contributed by atoms with Crippen molar-refractivity contribution < 1.29 is 9.53 Å². The molecule has 0 N–H and O–H groups in total. The van der Waals surface area contributed by atoms with E-state index in [1.54, 1.807) is 13.4 Å². The molecule has 1 saturated carbocycles. The zero-order valence-corrected chi connectivity index (χ0v) is 6.22. The van der Waals surface area contributed by atoms with Crippen LogP contribution in [0.2, 0.25) is 0 Å². The van der Waals surface area contributed by atoms with Gasteiger partial charge in [-0.2, -0.15) is 0 Å². The summed E-state index contributed by atoms with van der Waals surface area (Å²) in [5, 5.41) is 0. The Bertz CT molecular complexity index is 159. The molecule has 0 atom stereocenters. The van der Waals surface area contributed by atoms with Crippen LogP contribution in [0.25, 0.3) is 0 Å². The molecule has 56 valence electrons. The predicted octanol–water partition coefficient (Wildman–Crippen LogP) is 1.66. The van der Waals surface area contributed by atoms with E-state index in [9.17, 15) is 4.79 Å². The fourth-order valence-electron chi connectivity index (χ4n) is 1.17. The molecule has 0 aromatic heterocycles. The zero-order valence-electron chi connectivity index (χ0n) is 6.22. The Balaban J connectivity index is 2.56. The zero-order chi connectivity index (χ0) is 7.40. The number of carbonyl (C=O) groups excluding carboxylic acids is 1. The summed E-state index contributed by atoms with van der Waals surface area (Å²) < 4.78 is 4.77. The van der Waals surface area contributed by atoms with Crippen molar-refractivity contribution in [2.24, 2.45) is 0 Å². The lowest BCUT2D eigenvalue weighted by atomic mass is 9.95. The fourth-order valence-corrected chi connectivity index (χ4v) is 1.17. The number of ketones is 1. The third-order valence-electron chi connectivity index (χ3n) is 1.72. The Kier molecular flexibility index (Phi) is 2.49. The van der Waals surface area contributed by atoms with Crippen molar-refractivity contribution in [2.45, 2.75) is 25.7 Å². The van der Waals surface area contributed by atoms with E-state index in [-0.39, 0.29) is 5.78 Å². The van der Waals surface area contributed by atoms with Crippen molar-refractivity contribution in [3.8, 4) is 0 Å². The molecule has 0 saturated heterocycles. The van der Waals surface area contributed by atoms with Crippen LogP contribution >= 0.6 is 0 Å². The second kappa shape index (κ2) is 3.40. The second-order valence-electron chi connectivity index (χ2n) is 2.51. The number of hydrogen-bond donors (Lipinski definition) is 0. The Morgan fingerprint density at radius 3 is 2.70 bits per heavy atom. The molecule has 0 unspecified atom stereocenters. The second-order valence-corrected chi connectivity index (χ2v) is 2.51. The van der Waals surface area contributed by atoms with Crippen molar-refractivity contribution in [1.82, 2.24) is 0 Å².